The summed E-state index contributed by atoms with van der Waals surface area (Å²) >= 11 is 2.04. The molecule has 0 radical (unpaired) electrons. The van der Waals surface area contributed by atoms with Gasteiger partial charge in [0.1, 0.15) is 0 Å². The van der Waals surface area contributed by atoms with Crippen LogP contribution in [0.5, 0.6) is 0 Å². The second kappa shape index (κ2) is 6.41. The molecule has 0 aromatic carbocycles. The Morgan fingerprint density at radius 1 is 1.59 bits per heavy atom. The molecule has 0 bridgehead atoms. The maximum atomic E-state index is 6.03. The molecule has 100 valence electrons. The molecular formula is C13H25NO2S. The summed E-state index contributed by atoms with van der Waals surface area (Å²) in [6, 6.07) is 1.06. The average molecular weight is 259 g/mol. The van der Waals surface area contributed by atoms with Crippen molar-refractivity contribution in [3.63, 3.8) is 0 Å². The van der Waals surface area contributed by atoms with Crippen LogP contribution >= 0.6 is 11.8 Å². The molecule has 3 nitrogen and oxygen atoms in total. The van der Waals surface area contributed by atoms with Gasteiger partial charge in [0.2, 0.25) is 0 Å². The largest absolute Gasteiger partial charge is 0.380 e. The van der Waals surface area contributed by atoms with E-state index in [1.54, 1.807) is 0 Å². The normalized spacial score (nSPS) is 35.3. The molecule has 1 spiro atoms. The van der Waals surface area contributed by atoms with Crippen molar-refractivity contribution in [3.05, 3.63) is 0 Å². The van der Waals surface area contributed by atoms with Gasteiger partial charge < -0.3 is 14.8 Å². The van der Waals surface area contributed by atoms with Crippen molar-refractivity contribution in [2.75, 3.05) is 31.3 Å². The number of thioether (sulfide) groups is 1. The van der Waals surface area contributed by atoms with Gasteiger partial charge in [-0.25, -0.2) is 0 Å². The van der Waals surface area contributed by atoms with Gasteiger partial charge in [-0.1, -0.05) is 0 Å². The van der Waals surface area contributed by atoms with Crippen LogP contribution in [-0.4, -0.2) is 49.0 Å². The smallest absolute Gasteiger partial charge is 0.0795 e. The van der Waals surface area contributed by atoms with Gasteiger partial charge in [-0.05, 0) is 38.9 Å². The Kier molecular flexibility index (Phi) is 5.15. The van der Waals surface area contributed by atoms with Crippen LogP contribution in [-0.2, 0) is 9.47 Å². The van der Waals surface area contributed by atoms with E-state index in [0.717, 1.165) is 26.2 Å². The second-order valence-electron chi connectivity index (χ2n) is 5.25. The molecule has 2 aliphatic rings. The summed E-state index contributed by atoms with van der Waals surface area (Å²) in [5.41, 5.74) is 0.186. The monoisotopic (exact) mass is 259 g/mol. The Morgan fingerprint density at radius 3 is 3.18 bits per heavy atom. The quantitative estimate of drug-likeness (QED) is 0.818. The Morgan fingerprint density at radius 2 is 2.47 bits per heavy atom. The van der Waals surface area contributed by atoms with Gasteiger partial charge in [0.05, 0.1) is 12.2 Å². The third-order valence-electron chi connectivity index (χ3n) is 3.65. The van der Waals surface area contributed by atoms with E-state index >= 15 is 0 Å². The molecule has 0 aromatic rings. The first-order chi connectivity index (χ1) is 8.24. The molecule has 2 aliphatic heterocycles. The van der Waals surface area contributed by atoms with Crippen LogP contribution in [0.2, 0.25) is 0 Å². The lowest BCUT2D eigenvalue weighted by Crippen LogP contribution is -2.50. The lowest BCUT2D eigenvalue weighted by atomic mass is 9.89. The SMILES string of the molecule is CCOCC(C)NC1CCOC2(CCSC2)C1. The van der Waals surface area contributed by atoms with E-state index < -0.39 is 0 Å². The van der Waals surface area contributed by atoms with Gasteiger partial charge in [-0.2, -0.15) is 11.8 Å². The zero-order valence-electron chi connectivity index (χ0n) is 11.0. The molecular weight excluding hydrogens is 234 g/mol. The Hall–Kier alpha value is 0.230. The predicted octanol–water partition coefficient (Wildman–Crippen LogP) is 2.06. The second-order valence-corrected chi connectivity index (χ2v) is 6.36. The molecule has 17 heavy (non-hydrogen) atoms. The standard InChI is InChI=1S/C13H25NO2S/c1-3-15-9-11(2)14-12-4-6-16-13(8-12)5-7-17-10-13/h11-12,14H,3-10H2,1-2H3. The maximum Gasteiger partial charge on any atom is 0.0795 e. The van der Waals surface area contributed by atoms with Crippen molar-refractivity contribution < 1.29 is 9.47 Å². The lowest BCUT2D eigenvalue weighted by molar-refractivity contribution is -0.0721. The van der Waals surface area contributed by atoms with Gasteiger partial charge in [0.25, 0.3) is 0 Å². The molecule has 4 heteroatoms. The maximum absolute atomic E-state index is 6.03. The summed E-state index contributed by atoms with van der Waals surface area (Å²) in [7, 11) is 0. The lowest BCUT2D eigenvalue weighted by Gasteiger charge is -2.39. The van der Waals surface area contributed by atoms with Gasteiger partial charge in [-0.3, -0.25) is 0 Å². The summed E-state index contributed by atoms with van der Waals surface area (Å²) in [6.07, 6.45) is 3.55. The summed E-state index contributed by atoms with van der Waals surface area (Å²) in [6.45, 7) is 6.79. The molecule has 0 amide bonds. The number of rotatable bonds is 5. The highest BCUT2D eigenvalue weighted by atomic mass is 32.2. The molecule has 2 rings (SSSR count). The third kappa shape index (κ3) is 3.85. The van der Waals surface area contributed by atoms with E-state index in [1.807, 2.05) is 18.7 Å². The van der Waals surface area contributed by atoms with Gasteiger partial charge in [-0.15, -0.1) is 0 Å². The first-order valence-corrected chi connectivity index (χ1v) is 7.95. The van der Waals surface area contributed by atoms with Gasteiger partial charge >= 0.3 is 0 Å². The van der Waals surface area contributed by atoms with E-state index in [4.69, 9.17) is 9.47 Å². The zero-order chi connectivity index (χ0) is 12.1. The van der Waals surface area contributed by atoms with Crippen LogP contribution in [0.1, 0.15) is 33.1 Å². The molecule has 0 aromatic heterocycles. The van der Waals surface area contributed by atoms with Gasteiger partial charge in [0, 0.05) is 31.1 Å². The molecule has 0 aliphatic carbocycles. The highest BCUT2D eigenvalue weighted by Gasteiger charge is 2.40. The summed E-state index contributed by atoms with van der Waals surface area (Å²) in [5.74, 6) is 2.45. The van der Waals surface area contributed by atoms with Crippen molar-refractivity contribution >= 4 is 11.8 Å². The third-order valence-corrected chi connectivity index (χ3v) is 4.88. The van der Waals surface area contributed by atoms with Crippen LogP contribution in [0.15, 0.2) is 0 Å². The fourth-order valence-electron chi connectivity index (χ4n) is 2.78. The topological polar surface area (TPSA) is 30.5 Å². The van der Waals surface area contributed by atoms with E-state index in [1.165, 1.54) is 24.3 Å². The molecule has 3 unspecified atom stereocenters. The molecule has 3 atom stereocenters. The first-order valence-electron chi connectivity index (χ1n) is 6.79. The minimum atomic E-state index is 0.186. The van der Waals surface area contributed by atoms with Crippen LogP contribution in [0, 0.1) is 0 Å². The molecule has 0 saturated carbocycles. The minimum Gasteiger partial charge on any atom is -0.380 e. The Balaban J connectivity index is 1.77. The van der Waals surface area contributed by atoms with E-state index in [9.17, 15) is 0 Å². The molecule has 2 heterocycles. The molecule has 2 saturated heterocycles. The predicted molar refractivity (Wildman–Crippen MR) is 72.7 cm³/mol. The fourth-order valence-corrected chi connectivity index (χ4v) is 4.16. The summed E-state index contributed by atoms with van der Waals surface area (Å²) in [4.78, 5) is 0. The van der Waals surface area contributed by atoms with Crippen molar-refractivity contribution in [3.8, 4) is 0 Å². The Labute approximate surface area is 109 Å². The molecule has 1 N–H and O–H groups in total. The number of hydrogen-bond donors (Lipinski definition) is 1. The van der Waals surface area contributed by atoms with Gasteiger partial charge in [0.15, 0.2) is 0 Å². The first kappa shape index (κ1) is 13.7. The van der Waals surface area contributed by atoms with Crippen LogP contribution in [0.25, 0.3) is 0 Å². The number of hydrogen-bond acceptors (Lipinski definition) is 4. The van der Waals surface area contributed by atoms with Crippen molar-refractivity contribution in [1.82, 2.24) is 5.32 Å². The highest BCUT2D eigenvalue weighted by molar-refractivity contribution is 7.99. The minimum absolute atomic E-state index is 0.186. The zero-order valence-corrected chi connectivity index (χ0v) is 11.9. The Bertz CT molecular complexity index is 231. The van der Waals surface area contributed by atoms with Crippen molar-refractivity contribution in [1.29, 1.82) is 0 Å². The van der Waals surface area contributed by atoms with Crippen molar-refractivity contribution in [2.24, 2.45) is 0 Å². The van der Waals surface area contributed by atoms with Crippen LogP contribution in [0.4, 0.5) is 0 Å². The van der Waals surface area contributed by atoms with E-state index in [0.29, 0.717) is 12.1 Å². The van der Waals surface area contributed by atoms with E-state index in [2.05, 4.69) is 12.2 Å². The number of ether oxygens (including phenoxy) is 2. The fraction of sp³-hybridized carbons (Fsp3) is 1.00. The summed E-state index contributed by atoms with van der Waals surface area (Å²) < 4.78 is 11.5. The van der Waals surface area contributed by atoms with Crippen molar-refractivity contribution in [2.45, 2.75) is 50.8 Å². The number of nitrogens with one attached hydrogen (secondary N) is 1. The van der Waals surface area contributed by atoms with E-state index in [-0.39, 0.29) is 5.60 Å². The average Bonchev–Trinajstić information content (AvgIpc) is 2.74. The van der Waals surface area contributed by atoms with Crippen LogP contribution < -0.4 is 5.32 Å². The van der Waals surface area contributed by atoms with Crippen LogP contribution in [0.3, 0.4) is 0 Å². The summed E-state index contributed by atoms with van der Waals surface area (Å²) in [5, 5.41) is 3.69. The molecule has 2 fully saturated rings. The highest BCUT2D eigenvalue weighted by Crippen LogP contribution is 2.38.